The second-order valence-corrected chi connectivity index (χ2v) is 8.29. The third-order valence-corrected chi connectivity index (χ3v) is 6.12. The molecule has 1 atom stereocenters. The van der Waals surface area contributed by atoms with Gasteiger partial charge in [-0.1, -0.05) is 12.1 Å². The van der Waals surface area contributed by atoms with E-state index in [1.165, 1.54) is 0 Å². The zero-order valence-electron chi connectivity index (χ0n) is 18.7. The maximum absolute atomic E-state index is 12.5. The number of rotatable bonds is 9. The van der Waals surface area contributed by atoms with Crippen LogP contribution in [0.25, 0.3) is 11.0 Å². The molecule has 0 aliphatic carbocycles. The number of methoxy groups -OCH3 is 2. The Morgan fingerprint density at radius 3 is 2.94 bits per heavy atom. The standard InChI is InChI=1S/C24H30N4O4/c1-30-20-10-9-18(22(13-20)31-2)14-25-23(29)11-8-17-5-4-12-28(15-17)16-19-6-3-7-21-24(19)27-32-26-21/h3,6-7,9-10,13,17H,4-5,8,11-12,14-16H2,1-2H3,(H,25,29). The molecule has 32 heavy (non-hydrogen) atoms. The average Bonchev–Trinajstić information content (AvgIpc) is 3.31. The molecule has 1 aliphatic heterocycles. The number of piperidine rings is 1. The molecule has 1 N–H and O–H groups in total. The molecule has 1 amide bonds. The van der Waals surface area contributed by atoms with Crippen molar-refractivity contribution in [3.8, 4) is 11.5 Å². The molecule has 170 valence electrons. The molecule has 1 unspecified atom stereocenters. The van der Waals surface area contributed by atoms with Crippen LogP contribution in [0.5, 0.6) is 11.5 Å². The fourth-order valence-corrected chi connectivity index (χ4v) is 4.38. The van der Waals surface area contributed by atoms with E-state index >= 15 is 0 Å². The van der Waals surface area contributed by atoms with Gasteiger partial charge in [-0.25, -0.2) is 4.63 Å². The van der Waals surface area contributed by atoms with E-state index in [1.807, 2.05) is 30.3 Å². The Kier molecular flexibility index (Phi) is 7.21. The number of nitrogens with one attached hydrogen (secondary N) is 1. The van der Waals surface area contributed by atoms with Gasteiger partial charge in [-0.15, -0.1) is 0 Å². The van der Waals surface area contributed by atoms with Gasteiger partial charge < -0.3 is 14.8 Å². The van der Waals surface area contributed by atoms with Crippen molar-refractivity contribution in [1.29, 1.82) is 0 Å². The number of amides is 1. The molecule has 1 saturated heterocycles. The first-order chi connectivity index (χ1) is 15.7. The van der Waals surface area contributed by atoms with Crippen LogP contribution < -0.4 is 14.8 Å². The summed E-state index contributed by atoms with van der Waals surface area (Å²) in [6.07, 6.45) is 3.71. The highest BCUT2D eigenvalue weighted by atomic mass is 16.6. The molecule has 1 aromatic heterocycles. The lowest BCUT2D eigenvalue weighted by molar-refractivity contribution is -0.121. The van der Waals surface area contributed by atoms with Crippen molar-refractivity contribution in [2.75, 3.05) is 27.3 Å². The molecule has 1 fully saturated rings. The highest BCUT2D eigenvalue weighted by Crippen LogP contribution is 2.26. The summed E-state index contributed by atoms with van der Waals surface area (Å²) in [6.45, 7) is 3.31. The molecule has 0 spiro atoms. The molecule has 2 heterocycles. The van der Waals surface area contributed by atoms with Gasteiger partial charge in [0.25, 0.3) is 0 Å². The van der Waals surface area contributed by atoms with Gasteiger partial charge in [0.15, 0.2) is 0 Å². The maximum atomic E-state index is 12.5. The van der Waals surface area contributed by atoms with Crippen molar-refractivity contribution in [2.45, 2.75) is 38.8 Å². The monoisotopic (exact) mass is 438 g/mol. The Morgan fingerprint density at radius 1 is 1.19 bits per heavy atom. The van der Waals surface area contributed by atoms with Crippen molar-refractivity contribution in [2.24, 2.45) is 5.92 Å². The number of benzene rings is 2. The third kappa shape index (κ3) is 5.37. The first-order valence-corrected chi connectivity index (χ1v) is 11.1. The van der Waals surface area contributed by atoms with Crippen LogP contribution in [0.15, 0.2) is 41.0 Å². The summed E-state index contributed by atoms with van der Waals surface area (Å²) >= 11 is 0. The minimum absolute atomic E-state index is 0.0680. The molecule has 8 heteroatoms. The van der Waals surface area contributed by atoms with Crippen LogP contribution >= 0.6 is 0 Å². The number of hydrogen-bond acceptors (Lipinski definition) is 7. The molecular formula is C24H30N4O4. The Balaban J connectivity index is 1.25. The van der Waals surface area contributed by atoms with Gasteiger partial charge in [-0.05, 0) is 65.8 Å². The average molecular weight is 439 g/mol. The van der Waals surface area contributed by atoms with E-state index in [-0.39, 0.29) is 5.91 Å². The van der Waals surface area contributed by atoms with Crippen LogP contribution in [0.1, 0.15) is 36.8 Å². The van der Waals surface area contributed by atoms with E-state index in [0.29, 0.717) is 24.6 Å². The van der Waals surface area contributed by atoms with E-state index < -0.39 is 0 Å². The summed E-state index contributed by atoms with van der Waals surface area (Å²) in [5.74, 6) is 2.03. The Hall–Kier alpha value is -3.13. The lowest BCUT2D eigenvalue weighted by atomic mass is 9.93. The molecule has 2 aromatic carbocycles. The Morgan fingerprint density at radius 2 is 2.09 bits per heavy atom. The number of fused-ring (bicyclic) bond motifs is 1. The molecule has 0 saturated carbocycles. The number of carbonyl (C=O) groups excluding carboxylic acids is 1. The maximum Gasteiger partial charge on any atom is 0.220 e. The number of ether oxygens (including phenoxy) is 2. The van der Waals surface area contributed by atoms with Gasteiger partial charge in [-0.2, -0.15) is 0 Å². The summed E-state index contributed by atoms with van der Waals surface area (Å²) in [4.78, 5) is 14.9. The van der Waals surface area contributed by atoms with Crippen LogP contribution in [0.2, 0.25) is 0 Å². The zero-order chi connectivity index (χ0) is 22.3. The molecule has 8 nitrogen and oxygen atoms in total. The fourth-order valence-electron chi connectivity index (χ4n) is 4.38. The summed E-state index contributed by atoms with van der Waals surface area (Å²) in [5, 5.41) is 11.0. The van der Waals surface area contributed by atoms with Gasteiger partial charge in [-0.3, -0.25) is 9.69 Å². The van der Waals surface area contributed by atoms with E-state index in [1.54, 1.807) is 14.2 Å². The lowest BCUT2D eigenvalue weighted by Crippen LogP contribution is -2.35. The minimum Gasteiger partial charge on any atom is -0.497 e. The highest BCUT2D eigenvalue weighted by molar-refractivity contribution is 5.77. The summed E-state index contributed by atoms with van der Waals surface area (Å²) < 4.78 is 15.5. The van der Waals surface area contributed by atoms with Crippen molar-refractivity contribution < 1.29 is 18.9 Å². The van der Waals surface area contributed by atoms with E-state index in [9.17, 15) is 4.79 Å². The SMILES string of the molecule is COc1ccc(CNC(=O)CCC2CCCN(Cc3cccc4nonc34)C2)c(OC)c1. The summed E-state index contributed by atoms with van der Waals surface area (Å²) in [6, 6.07) is 11.6. The first-order valence-electron chi connectivity index (χ1n) is 11.1. The van der Waals surface area contributed by atoms with Crippen LogP contribution in [0.4, 0.5) is 0 Å². The van der Waals surface area contributed by atoms with Gasteiger partial charge in [0.05, 0.1) is 14.2 Å². The third-order valence-electron chi connectivity index (χ3n) is 6.12. The number of nitrogens with zero attached hydrogens (tertiary/aromatic N) is 3. The highest BCUT2D eigenvalue weighted by Gasteiger charge is 2.22. The van der Waals surface area contributed by atoms with Crippen molar-refractivity contribution in [1.82, 2.24) is 20.5 Å². The van der Waals surface area contributed by atoms with Gasteiger partial charge in [0.1, 0.15) is 22.5 Å². The molecular weight excluding hydrogens is 408 g/mol. The minimum atomic E-state index is 0.0680. The quantitative estimate of drug-likeness (QED) is 0.546. The second-order valence-electron chi connectivity index (χ2n) is 8.29. The van der Waals surface area contributed by atoms with Crippen molar-refractivity contribution in [3.05, 3.63) is 47.5 Å². The predicted molar refractivity (Wildman–Crippen MR) is 120 cm³/mol. The van der Waals surface area contributed by atoms with E-state index in [0.717, 1.165) is 66.8 Å². The number of carbonyl (C=O) groups is 1. The second kappa shape index (κ2) is 10.5. The van der Waals surface area contributed by atoms with Crippen molar-refractivity contribution in [3.63, 3.8) is 0 Å². The summed E-state index contributed by atoms with van der Waals surface area (Å²) in [7, 11) is 3.24. The molecule has 0 bridgehead atoms. The Bertz CT molecular complexity index is 1050. The molecule has 4 rings (SSSR count). The number of hydrogen-bond donors (Lipinski definition) is 1. The fraction of sp³-hybridized carbons (Fsp3) is 0.458. The van der Waals surface area contributed by atoms with Crippen LogP contribution in [-0.4, -0.2) is 48.4 Å². The van der Waals surface area contributed by atoms with Gasteiger partial charge in [0, 0.05) is 37.7 Å². The molecule has 0 radical (unpaired) electrons. The van der Waals surface area contributed by atoms with Crippen LogP contribution in [0.3, 0.4) is 0 Å². The number of likely N-dealkylation sites (tertiary alicyclic amines) is 1. The first kappa shape index (κ1) is 22.1. The van der Waals surface area contributed by atoms with Crippen LogP contribution in [0, 0.1) is 5.92 Å². The van der Waals surface area contributed by atoms with Crippen LogP contribution in [-0.2, 0) is 17.9 Å². The predicted octanol–water partition coefficient (Wildman–Crippen LogP) is 3.55. The smallest absolute Gasteiger partial charge is 0.220 e. The Labute approximate surface area is 187 Å². The molecule has 1 aliphatic rings. The lowest BCUT2D eigenvalue weighted by Gasteiger charge is -2.32. The summed E-state index contributed by atoms with van der Waals surface area (Å²) in [5.41, 5.74) is 3.70. The zero-order valence-corrected chi connectivity index (χ0v) is 18.7. The van der Waals surface area contributed by atoms with Gasteiger partial charge in [0.2, 0.25) is 5.91 Å². The van der Waals surface area contributed by atoms with Gasteiger partial charge >= 0.3 is 0 Å². The van der Waals surface area contributed by atoms with Crippen molar-refractivity contribution >= 4 is 16.9 Å². The van der Waals surface area contributed by atoms with E-state index in [2.05, 4.69) is 26.6 Å². The largest absolute Gasteiger partial charge is 0.497 e. The molecule has 3 aromatic rings. The van der Waals surface area contributed by atoms with E-state index in [4.69, 9.17) is 14.1 Å². The number of aromatic nitrogens is 2. The topological polar surface area (TPSA) is 89.7 Å². The normalized spacial score (nSPS) is 16.8.